The molecule has 0 aromatic carbocycles. The van der Waals surface area contributed by atoms with E-state index in [1.165, 1.54) is 44.1 Å². The molecule has 1 N–H and O–H groups in total. The second-order valence-corrected chi connectivity index (χ2v) is 6.19. The summed E-state index contributed by atoms with van der Waals surface area (Å²) in [4.78, 5) is 4.28. The number of rotatable bonds is 6. The molecule has 1 aromatic heterocycles. The fourth-order valence-electron chi connectivity index (χ4n) is 2.95. The van der Waals surface area contributed by atoms with Gasteiger partial charge in [-0.1, -0.05) is 32.6 Å². The van der Waals surface area contributed by atoms with Gasteiger partial charge in [-0.2, -0.15) is 0 Å². The smallest absolute Gasteiger partial charge is 0.0410 e. The molecule has 1 heterocycles. The van der Waals surface area contributed by atoms with E-state index in [4.69, 9.17) is 0 Å². The lowest BCUT2D eigenvalue weighted by molar-refractivity contribution is 0.416. The molecule has 0 saturated heterocycles. The number of halogens is 1. The molecule has 1 aliphatic rings. The van der Waals surface area contributed by atoms with Crippen molar-refractivity contribution < 1.29 is 0 Å². The second kappa shape index (κ2) is 7.25. The van der Waals surface area contributed by atoms with Crippen LogP contribution in [0.4, 0.5) is 0 Å². The van der Waals surface area contributed by atoms with Gasteiger partial charge in [0.15, 0.2) is 0 Å². The maximum absolute atomic E-state index is 4.28. The van der Waals surface area contributed by atoms with Crippen LogP contribution in [0.3, 0.4) is 0 Å². The Morgan fingerprint density at radius 1 is 1.39 bits per heavy atom. The van der Waals surface area contributed by atoms with Gasteiger partial charge in [-0.3, -0.25) is 4.98 Å². The summed E-state index contributed by atoms with van der Waals surface area (Å²) in [6.45, 7) is 3.19. The van der Waals surface area contributed by atoms with Crippen molar-refractivity contribution in [3.05, 3.63) is 28.5 Å². The number of aromatic nitrogens is 1. The first kappa shape index (κ1) is 14.0. The summed E-state index contributed by atoms with van der Waals surface area (Å²) < 4.78 is 1.07. The zero-order valence-electron chi connectivity index (χ0n) is 11.2. The molecule has 18 heavy (non-hydrogen) atoms. The highest BCUT2D eigenvalue weighted by Gasteiger charge is 2.18. The molecule has 1 unspecified atom stereocenters. The summed E-state index contributed by atoms with van der Waals surface area (Å²) in [6.07, 6.45) is 12.2. The van der Waals surface area contributed by atoms with Crippen molar-refractivity contribution in [1.82, 2.24) is 10.3 Å². The van der Waals surface area contributed by atoms with Crippen LogP contribution < -0.4 is 5.32 Å². The Balaban J connectivity index is 1.94. The Morgan fingerprint density at radius 3 is 2.83 bits per heavy atom. The molecular weight excluding hydrogens is 288 g/mol. The summed E-state index contributed by atoms with van der Waals surface area (Å²) in [7, 11) is 0. The third-order valence-electron chi connectivity index (χ3n) is 3.92. The SMILES string of the molecule is CCNC(CCC1CCCC1)c1cncc(Br)c1. The molecular formula is C15H23BrN2. The molecule has 0 radical (unpaired) electrons. The van der Waals surface area contributed by atoms with Gasteiger partial charge in [0.05, 0.1) is 0 Å². The van der Waals surface area contributed by atoms with Crippen molar-refractivity contribution in [2.75, 3.05) is 6.54 Å². The van der Waals surface area contributed by atoms with Crippen LogP contribution in [-0.2, 0) is 0 Å². The molecule has 0 spiro atoms. The molecule has 1 aromatic rings. The van der Waals surface area contributed by atoms with Crippen LogP contribution in [0.25, 0.3) is 0 Å². The Kier molecular flexibility index (Phi) is 5.64. The molecule has 3 heteroatoms. The lowest BCUT2D eigenvalue weighted by Crippen LogP contribution is -2.21. The molecule has 100 valence electrons. The molecule has 1 atom stereocenters. The van der Waals surface area contributed by atoms with Crippen LogP contribution in [0.1, 0.15) is 57.1 Å². The van der Waals surface area contributed by atoms with Gasteiger partial charge in [0.25, 0.3) is 0 Å². The van der Waals surface area contributed by atoms with Crippen LogP contribution >= 0.6 is 15.9 Å². The number of hydrogen-bond donors (Lipinski definition) is 1. The maximum Gasteiger partial charge on any atom is 0.0410 e. The fourth-order valence-corrected chi connectivity index (χ4v) is 3.34. The lowest BCUT2D eigenvalue weighted by atomic mass is 9.95. The van der Waals surface area contributed by atoms with Gasteiger partial charge in [-0.15, -0.1) is 0 Å². The summed E-state index contributed by atoms with van der Waals surface area (Å²) in [5.74, 6) is 0.964. The van der Waals surface area contributed by atoms with Gasteiger partial charge in [0.1, 0.15) is 0 Å². The highest BCUT2D eigenvalue weighted by atomic mass is 79.9. The number of hydrogen-bond acceptors (Lipinski definition) is 2. The van der Waals surface area contributed by atoms with Gasteiger partial charge in [-0.25, -0.2) is 0 Å². The molecule has 1 saturated carbocycles. The van der Waals surface area contributed by atoms with E-state index in [2.05, 4.69) is 39.2 Å². The molecule has 0 bridgehead atoms. The topological polar surface area (TPSA) is 24.9 Å². The minimum atomic E-state index is 0.459. The van der Waals surface area contributed by atoms with Gasteiger partial charge in [0.2, 0.25) is 0 Å². The van der Waals surface area contributed by atoms with Crippen molar-refractivity contribution in [3.63, 3.8) is 0 Å². The minimum Gasteiger partial charge on any atom is -0.310 e. The van der Waals surface area contributed by atoms with E-state index in [0.717, 1.165) is 16.9 Å². The van der Waals surface area contributed by atoms with E-state index < -0.39 is 0 Å². The van der Waals surface area contributed by atoms with Crippen molar-refractivity contribution in [1.29, 1.82) is 0 Å². The number of nitrogens with zero attached hydrogens (tertiary/aromatic N) is 1. The van der Waals surface area contributed by atoms with Crippen LogP contribution in [0.5, 0.6) is 0 Å². The van der Waals surface area contributed by atoms with Gasteiger partial charge in [0, 0.05) is 22.9 Å². The quantitative estimate of drug-likeness (QED) is 0.838. The lowest BCUT2D eigenvalue weighted by Gasteiger charge is -2.20. The van der Waals surface area contributed by atoms with E-state index in [1.54, 1.807) is 0 Å². The number of nitrogens with one attached hydrogen (secondary N) is 1. The molecule has 0 aliphatic heterocycles. The predicted molar refractivity (Wildman–Crippen MR) is 79.5 cm³/mol. The highest BCUT2D eigenvalue weighted by Crippen LogP contribution is 2.31. The Morgan fingerprint density at radius 2 is 2.17 bits per heavy atom. The summed E-state index contributed by atoms with van der Waals surface area (Å²) in [5.41, 5.74) is 1.31. The molecule has 1 fully saturated rings. The normalized spacial score (nSPS) is 18.1. The van der Waals surface area contributed by atoms with E-state index in [9.17, 15) is 0 Å². The largest absolute Gasteiger partial charge is 0.310 e. The fraction of sp³-hybridized carbons (Fsp3) is 0.667. The average molecular weight is 311 g/mol. The van der Waals surface area contributed by atoms with E-state index >= 15 is 0 Å². The van der Waals surface area contributed by atoms with Gasteiger partial charge >= 0.3 is 0 Å². The zero-order chi connectivity index (χ0) is 12.8. The van der Waals surface area contributed by atoms with Crippen molar-refractivity contribution in [2.24, 2.45) is 5.92 Å². The first-order chi connectivity index (χ1) is 8.79. The van der Waals surface area contributed by atoms with Gasteiger partial charge in [-0.05, 0) is 52.9 Å². The summed E-state index contributed by atoms with van der Waals surface area (Å²) in [6, 6.07) is 2.65. The second-order valence-electron chi connectivity index (χ2n) is 5.27. The van der Waals surface area contributed by atoms with Crippen LogP contribution in [0, 0.1) is 5.92 Å². The molecule has 1 aliphatic carbocycles. The van der Waals surface area contributed by atoms with Crippen LogP contribution in [0.15, 0.2) is 22.9 Å². The Labute approximate surface area is 119 Å². The van der Waals surface area contributed by atoms with Crippen molar-refractivity contribution in [3.8, 4) is 0 Å². The van der Waals surface area contributed by atoms with Crippen molar-refractivity contribution >= 4 is 15.9 Å². The predicted octanol–water partition coefficient (Wildman–Crippen LogP) is 4.47. The van der Waals surface area contributed by atoms with E-state index in [0.29, 0.717) is 6.04 Å². The number of pyridine rings is 1. The Bertz CT molecular complexity index is 361. The third-order valence-corrected chi connectivity index (χ3v) is 4.35. The molecule has 0 amide bonds. The minimum absolute atomic E-state index is 0.459. The maximum atomic E-state index is 4.28. The molecule has 2 rings (SSSR count). The third kappa shape index (κ3) is 4.06. The van der Waals surface area contributed by atoms with Crippen LogP contribution in [-0.4, -0.2) is 11.5 Å². The van der Waals surface area contributed by atoms with Gasteiger partial charge < -0.3 is 5.32 Å². The standard InChI is InChI=1S/C15H23BrN2/c1-2-18-15(8-7-12-5-3-4-6-12)13-9-14(16)11-17-10-13/h9-12,15,18H,2-8H2,1H3. The average Bonchev–Trinajstić information content (AvgIpc) is 2.87. The van der Waals surface area contributed by atoms with E-state index in [1.807, 2.05) is 12.4 Å². The summed E-state index contributed by atoms with van der Waals surface area (Å²) in [5, 5.41) is 3.59. The monoisotopic (exact) mass is 310 g/mol. The first-order valence-electron chi connectivity index (χ1n) is 7.13. The Hall–Kier alpha value is -0.410. The summed E-state index contributed by atoms with van der Waals surface area (Å²) >= 11 is 3.51. The highest BCUT2D eigenvalue weighted by molar-refractivity contribution is 9.10. The zero-order valence-corrected chi connectivity index (χ0v) is 12.7. The molecule has 2 nitrogen and oxygen atoms in total. The van der Waals surface area contributed by atoms with Crippen LogP contribution in [0.2, 0.25) is 0 Å². The van der Waals surface area contributed by atoms with Crippen molar-refractivity contribution in [2.45, 2.75) is 51.5 Å². The first-order valence-corrected chi connectivity index (χ1v) is 7.92. The van der Waals surface area contributed by atoms with E-state index in [-0.39, 0.29) is 0 Å².